The molecule has 4 rings (SSSR count). The molecule has 0 spiro atoms. The first-order valence-electron chi connectivity index (χ1n) is 9.58. The number of hydrogen-bond donors (Lipinski definition) is 1. The maximum absolute atomic E-state index is 13.6. The van der Waals surface area contributed by atoms with Crippen LogP contribution < -0.4 is 16.0 Å². The number of nitrogens with one attached hydrogen (secondary N) is 1. The summed E-state index contributed by atoms with van der Waals surface area (Å²) in [5, 5.41) is 5.95. The highest BCUT2D eigenvalue weighted by Gasteiger charge is 2.36. The largest absolute Gasteiger partial charge is 0.451 e. The Morgan fingerprint density at radius 2 is 1.76 bits per heavy atom. The van der Waals surface area contributed by atoms with E-state index in [4.69, 9.17) is 4.74 Å². The van der Waals surface area contributed by atoms with Crippen molar-refractivity contribution in [1.82, 2.24) is 19.3 Å². The van der Waals surface area contributed by atoms with Gasteiger partial charge in [-0.05, 0) is 41.5 Å². The monoisotopic (exact) mass is 460 g/mol. The van der Waals surface area contributed by atoms with Gasteiger partial charge >= 0.3 is 11.9 Å². The minimum Gasteiger partial charge on any atom is -0.451 e. The van der Waals surface area contributed by atoms with Crippen molar-refractivity contribution < 1.29 is 22.3 Å². The van der Waals surface area contributed by atoms with Gasteiger partial charge in [-0.2, -0.15) is 18.3 Å². The maximum Gasteiger partial charge on any atom is 0.420 e. The van der Waals surface area contributed by atoms with E-state index in [9.17, 15) is 27.2 Å². The Labute approximate surface area is 183 Å². The number of halogens is 4. The lowest BCUT2D eigenvalue weighted by Crippen LogP contribution is -2.26. The number of H-pyrrole nitrogens is 1. The summed E-state index contributed by atoms with van der Waals surface area (Å²) in [5.41, 5.74) is -1.63. The van der Waals surface area contributed by atoms with Crippen LogP contribution in [-0.2, 0) is 19.8 Å². The number of nitrogens with zero attached hydrogens (tertiary/aromatic N) is 3. The summed E-state index contributed by atoms with van der Waals surface area (Å²) in [7, 11) is 1.41. The molecule has 33 heavy (non-hydrogen) atoms. The summed E-state index contributed by atoms with van der Waals surface area (Å²) < 4.78 is 61.6. The molecule has 0 atom stereocenters. The third-order valence-corrected chi connectivity index (χ3v) is 4.94. The normalized spacial score (nSPS) is 11.5. The van der Waals surface area contributed by atoms with E-state index < -0.39 is 34.6 Å². The standard InChI is InChI=1S/C22H16F4N4O3/c1-29-18(27-28-21(29)32)12-30-10-9-17(22(24,25)26)19(20(30)31)33-16-7-5-13(6-8-16)14-3-2-4-15(23)11-14/h2-11H,12H2,1H3,(H,28,32). The number of aromatic nitrogens is 4. The first-order chi connectivity index (χ1) is 15.6. The fraction of sp³-hybridized carbons (Fsp3) is 0.136. The molecule has 0 saturated heterocycles. The van der Waals surface area contributed by atoms with Crippen LogP contribution in [0.5, 0.6) is 11.5 Å². The molecule has 0 fully saturated rings. The first-order valence-corrected chi connectivity index (χ1v) is 9.58. The second kappa shape index (κ2) is 8.41. The Balaban J connectivity index is 1.70. The van der Waals surface area contributed by atoms with Gasteiger partial charge in [-0.1, -0.05) is 24.3 Å². The molecule has 11 heteroatoms. The molecule has 0 aliphatic heterocycles. The topological polar surface area (TPSA) is 81.9 Å². The van der Waals surface area contributed by atoms with Gasteiger partial charge in [0.05, 0.1) is 6.54 Å². The smallest absolute Gasteiger partial charge is 0.420 e. The summed E-state index contributed by atoms with van der Waals surface area (Å²) in [6, 6.07) is 12.4. The molecular formula is C22H16F4N4O3. The van der Waals surface area contributed by atoms with Crippen molar-refractivity contribution in [1.29, 1.82) is 0 Å². The van der Waals surface area contributed by atoms with E-state index >= 15 is 0 Å². The molecular weight excluding hydrogens is 444 g/mol. The molecule has 0 radical (unpaired) electrons. The number of benzene rings is 2. The Morgan fingerprint density at radius 1 is 1.03 bits per heavy atom. The molecule has 1 N–H and O–H groups in total. The van der Waals surface area contributed by atoms with Crippen molar-refractivity contribution in [2.24, 2.45) is 7.05 Å². The van der Waals surface area contributed by atoms with Crippen molar-refractivity contribution in [2.75, 3.05) is 0 Å². The molecule has 0 aliphatic rings. The number of rotatable bonds is 5. The highest BCUT2D eigenvalue weighted by atomic mass is 19.4. The van der Waals surface area contributed by atoms with Crippen LogP contribution in [0.25, 0.3) is 11.1 Å². The van der Waals surface area contributed by atoms with Crippen molar-refractivity contribution in [2.45, 2.75) is 12.7 Å². The number of pyridine rings is 1. The van der Waals surface area contributed by atoms with Gasteiger partial charge in [-0.15, -0.1) is 0 Å². The van der Waals surface area contributed by atoms with E-state index in [1.165, 1.54) is 37.4 Å². The molecule has 0 aliphatic carbocycles. The lowest BCUT2D eigenvalue weighted by Gasteiger charge is -2.15. The molecule has 2 heterocycles. The molecule has 0 unspecified atom stereocenters. The molecule has 0 amide bonds. The summed E-state index contributed by atoms with van der Waals surface area (Å²) in [6.45, 7) is -0.249. The first kappa shape index (κ1) is 22.1. The zero-order chi connectivity index (χ0) is 23.8. The summed E-state index contributed by atoms with van der Waals surface area (Å²) in [6.07, 6.45) is -3.88. The van der Waals surface area contributed by atoms with Crippen molar-refractivity contribution >= 4 is 0 Å². The van der Waals surface area contributed by atoms with E-state index in [0.29, 0.717) is 11.1 Å². The van der Waals surface area contributed by atoms with Crippen LogP contribution >= 0.6 is 0 Å². The average molecular weight is 460 g/mol. The zero-order valence-electron chi connectivity index (χ0n) is 17.1. The maximum atomic E-state index is 13.6. The van der Waals surface area contributed by atoms with Gasteiger partial charge in [-0.3, -0.25) is 9.36 Å². The van der Waals surface area contributed by atoms with Crippen LogP contribution in [0, 0.1) is 5.82 Å². The Morgan fingerprint density at radius 3 is 2.36 bits per heavy atom. The third kappa shape index (κ3) is 4.56. The average Bonchev–Trinajstić information content (AvgIpc) is 3.08. The zero-order valence-corrected chi connectivity index (χ0v) is 17.1. The van der Waals surface area contributed by atoms with E-state index in [-0.39, 0.29) is 18.1 Å². The quantitative estimate of drug-likeness (QED) is 0.458. The van der Waals surface area contributed by atoms with E-state index in [1.54, 1.807) is 18.2 Å². The summed E-state index contributed by atoms with van der Waals surface area (Å²) in [4.78, 5) is 24.4. The van der Waals surface area contributed by atoms with Crippen LogP contribution in [0.15, 0.2) is 70.4 Å². The second-order valence-electron chi connectivity index (χ2n) is 7.13. The van der Waals surface area contributed by atoms with Crippen molar-refractivity contribution in [3.05, 3.63) is 98.8 Å². The van der Waals surface area contributed by atoms with Crippen LogP contribution in [0.4, 0.5) is 17.6 Å². The van der Waals surface area contributed by atoms with Gasteiger partial charge in [-0.25, -0.2) is 14.3 Å². The molecule has 7 nitrogen and oxygen atoms in total. The molecule has 0 bridgehead atoms. The fourth-order valence-corrected chi connectivity index (χ4v) is 3.17. The van der Waals surface area contributed by atoms with Crippen LogP contribution in [0.2, 0.25) is 0 Å². The van der Waals surface area contributed by atoms with Gasteiger partial charge in [0.1, 0.15) is 17.1 Å². The van der Waals surface area contributed by atoms with Gasteiger partial charge < -0.3 is 9.30 Å². The lowest BCUT2D eigenvalue weighted by molar-refractivity contribution is -0.138. The van der Waals surface area contributed by atoms with Crippen LogP contribution in [-0.4, -0.2) is 19.3 Å². The molecule has 170 valence electrons. The lowest BCUT2D eigenvalue weighted by atomic mass is 10.1. The second-order valence-corrected chi connectivity index (χ2v) is 7.13. The highest BCUT2D eigenvalue weighted by molar-refractivity contribution is 5.64. The predicted molar refractivity (Wildman–Crippen MR) is 111 cm³/mol. The van der Waals surface area contributed by atoms with Crippen molar-refractivity contribution in [3.8, 4) is 22.6 Å². The van der Waals surface area contributed by atoms with E-state index in [1.807, 2.05) is 0 Å². The highest BCUT2D eigenvalue weighted by Crippen LogP contribution is 2.36. The summed E-state index contributed by atoms with van der Waals surface area (Å²) in [5.74, 6) is -1.21. The minimum atomic E-state index is -4.84. The van der Waals surface area contributed by atoms with Gasteiger partial charge in [0.25, 0.3) is 5.56 Å². The number of aromatic amines is 1. The Kier molecular flexibility index (Phi) is 5.62. The predicted octanol–water partition coefficient (Wildman–Crippen LogP) is 3.94. The molecule has 4 aromatic rings. The number of ether oxygens (including phenoxy) is 1. The summed E-state index contributed by atoms with van der Waals surface area (Å²) >= 11 is 0. The number of alkyl halides is 3. The molecule has 0 saturated carbocycles. The van der Waals surface area contributed by atoms with Crippen LogP contribution in [0.1, 0.15) is 11.4 Å². The minimum absolute atomic E-state index is 0.0114. The Hall–Kier alpha value is -4.15. The van der Waals surface area contributed by atoms with E-state index in [0.717, 1.165) is 21.4 Å². The van der Waals surface area contributed by atoms with Gasteiger partial charge in [0.15, 0.2) is 5.82 Å². The van der Waals surface area contributed by atoms with E-state index in [2.05, 4.69) is 10.2 Å². The van der Waals surface area contributed by atoms with Crippen LogP contribution in [0.3, 0.4) is 0 Å². The molecule has 2 aromatic carbocycles. The molecule has 2 aromatic heterocycles. The van der Waals surface area contributed by atoms with Gasteiger partial charge in [0, 0.05) is 13.2 Å². The van der Waals surface area contributed by atoms with Crippen molar-refractivity contribution in [3.63, 3.8) is 0 Å². The SMILES string of the molecule is Cn1c(Cn2ccc(C(F)(F)F)c(Oc3ccc(-c4cccc(F)c4)cc3)c2=O)n[nH]c1=O. The third-order valence-electron chi connectivity index (χ3n) is 4.94. The fourth-order valence-electron chi connectivity index (χ4n) is 3.17. The Bertz CT molecular complexity index is 1420. The van der Waals surface area contributed by atoms with Gasteiger partial charge in [0.2, 0.25) is 5.75 Å². The number of hydrogen-bond acceptors (Lipinski definition) is 4.